The van der Waals surface area contributed by atoms with E-state index in [9.17, 15) is 4.39 Å². The largest absolute Gasteiger partial charge is 0.362 e. The van der Waals surface area contributed by atoms with Crippen molar-refractivity contribution < 1.29 is 4.39 Å². The average Bonchev–Trinajstić information content (AvgIpc) is 2.50. The van der Waals surface area contributed by atoms with Gasteiger partial charge in [-0.3, -0.25) is 0 Å². The average molecular weight is 302 g/mol. The first-order chi connectivity index (χ1) is 10.2. The van der Waals surface area contributed by atoms with Crippen LogP contribution in [0.3, 0.4) is 0 Å². The SMILES string of the molecule is C=CCSc1nnc(C)c(C=CNc2ccc(F)cc2)n1. The second kappa shape index (κ2) is 7.54. The summed E-state index contributed by atoms with van der Waals surface area (Å²) in [4.78, 5) is 4.41. The molecule has 6 heteroatoms. The number of anilines is 1. The molecule has 0 aliphatic rings. The van der Waals surface area contributed by atoms with Crippen molar-refractivity contribution in [3.63, 3.8) is 0 Å². The van der Waals surface area contributed by atoms with Crippen molar-refractivity contribution in [1.29, 1.82) is 0 Å². The van der Waals surface area contributed by atoms with Crippen molar-refractivity contribution in [1.82, 2.24) is 15.2 Å². The van der Waals surface area contributed by atoms with Crippen molar-refractivity contribution >= 4 is 23.5 Å². The van der Waals surface area contributed by atoms with Crippen LogP contribution in [0.2, 0.25) is 0 Å². The van der Waals surface area contributed by atoms with Gasteiger partial charge in [-0.05, 0) is 37.3 Å². The van der Waals surface area contributed by atoms with E-state index in [0.29, 0.717) is 5.16 Å². The number of rotatable bonds is 6. The molecule has 0 amide bonds. The predicted octanol–water partition coefficient (Wildman–Crippen LogP) is 3.68. The normalized spacial score (nSPS) is 10.8. The molecule has 0 spiro atoms. The fourth-order valence-corrected chi connectivity index (χ4v) is 2.02. The van der Waals surface area contributed by atoms with Gasteiger partial charge in [0.1, 0.15) is 5.82 Å². The summed E-state index contributed by atoms with van der Waals surface area (Å²) in [6.45, 7) is 5.50. The molecule has 0 radical (unpaired) electrons. The zero-order chi connectivity index (χ0) is 15.1. The fraction of sp³-hybridized carbons (Fsp3) is 0.133. The van der Waals surface area contributed by atoms with E-state index in [1.165, 1.54) is 23.9 Å². The van der Waals surface area contributed by atoms with Crippen LogP contribution in [0.1, 0.15) is 11.4 Å². The zero-order valence-electron chi connectivity index (χ0n) is 11.6. The number of thioether (sulfide) groups is 1. The number of hydrogen-bond donors (Lipinski definition) is 1. The highest BCUT2D eigenvalue weighted by molar-refractivity contribution is 7.99. The second-order valence-corrected chi connectivity index (χ2v) is 5.14. The highest BCUT2D eigenvalue weighted by atomic mass is 32.2. The fourth-order valence-electron chi connectivity index (χ4n) is 1.49. The van der Waals surface area contributed by atoms with Crippen molar-refractivity contribution in [3.05, 3.63) is 60.3 Å². The van der Waals surface area contributed by atoms with E-state index in [1.54, 1.807) is 24.4 Å². The molecule has 1 aromatic carbocycles. The molecule has 1 aromatic heterocycles. The van der Waals surface area contributed by atoms with E-state index in [0.717, 1.165) is 22.8 Å². The lowest BCUT2D eigenvalue weighted by molar-refractivity contribution is 0.628. The van der Waals surface area contributed by atoms with Gasteiger partial charge < -0.3 is 5.32 Å². The van der Waals surface area contributed by atoms with Gasteiger partial charge in [0.15, 0.2) is 0 Å². The van der Waals surface area contributed by atoms with Crippen LogP contribution in [-0.2, 0) is 0 Å². The molecule has 1 heterocycles. The first kappa shape index (κ1) is 15.2. The van der Waals surface area contributed by atoms with Crippen LogP contribution in [0, 0.1) is 12.7 Å². The number of aryl methyl sites for hydroxylation is 1. The highest BCUT2D eigenvalue weighted by Gasteiger charge is 2.02. The van der Waals surface area contributed by atoms with Crippen LogP contribution in [0.25, 0.3) is 6.08 Å². The van der Waals surface area contributed by atoms with E-state index in [-0.39, 0.29) is 5.82 Å². The Morgan fingerprint density at radius 2 is 2.05 bits per heavy atom. The van der Waals surface area contributed by atoms with Crippen molar-refractivity contribution in [2.75, 3.05) is 11.1 Å². The van der Waals surface area contributed by atoms with Gasteiger partial charge in [-0.1, -0.05) is 17.8 Å². The van der Waals surface area contributed by atoms with Crippen molar-refractivity contribution in [2.45, 2.75) is 12.1 Å². The number of halogens is 1. The zero-order valence-corrected chi connectivity index (χ0v) is 12.4. The Balaban J connectivity index is 2.05. The van der Waals surface area contributed by atoms with E-state index >= 15 is 0 Å². The third-order valence-corrected chi connectivity index (χ3v) is 3.37. The van der Waals surface area contributed by atoms with Gasteiger partial charge in [0.05, 0.1) is 11.4 Å². The summed E-state index contributed by atoms with van der Waals surface area (Å²) in [5.41, 5.74) is 2.29. The van der Waals surface area contributed by atoms with Crippen LogP contribution in [0.4, 0.5) is 10.1 Å². The second-order valence-electron chi connectivity index (χ2n) is 4.15. The summed E-state index contributed by atoms with van der Waals surface area (Å²) in [5.74, 6) is 0.478. The Bertz CT molecular complexity index is 641. The van der Waals surface area contributed by atoms with Crippen LogP contribution < -0.4 is 5.32 Å². The van der Waals surface area contributed by atoms with Gasteiger partial charge in [0, 0.05) is 17.6 Å². The minimum atomic E-state index is -0.260. The maximum absolute atomic E-state index is 12.8. The first-order valence-corrected chi connectivity index (χ1v) is 7.31. The minimum absolute atomic E-state index is 0.260. The molecule has 0 atom stereocenters. The molecule has 0 fully saturated rings. The summed E-state index contributed by atoms with van der Waals surface area (Å²) < 4.78 is 12.8. The van der Waals surface area contributed by atoms with Gasteiger partial charge in [-0.15, -0.1) is 11.7 Å². The molecule has 0 saturated heterocycles. The molecule has 0 bridgehead atoms. The van der Waals surface area contributed by atoms with Crippen LogP contribution in [0.5, 0.6) is 0 Å². The number of hydrogen-bond acceptors (Lipinski definition) is 5. The smallest absolute Gasteiger partial charge is 0.209 e. The minimum Gasteiger partial charge on any atom is -0.362 e. The summed E-state index contributed by atoms with van der Waals surface area (Å²) in [7, 11) is 0. The van der Waals surface area contributed by atoms with E-state index in [2.05, 4.69) is 27.1 Å². The summed E-state index contributed by atoms with van der Waals surface area (Å²) in [6, 6.07) is 6.13. The number of nitrogens with one attached hydrogen (secondary N) is 1. The molecule has 0 unspecified atom stereocenters. The summed E-state index contributed by atoms with van der Waals surface area (Å²) in [5, 5.41) is 11.7. The molecular weight excluding hydrogens is 287 g/mol. The van der Waals surface area contributed by atoms with Gasteiger partial charge >= 0.3 is 0 Å². The Kier molecular flexibility index (Phi) is 5.45. The molecule has 2 aromatic rings. The number of benzene rings is 1. The maximum Gasteiger partial charge on any atom is 0.209 e. The quantitative estimate of drug-likeness (QED) is 0.651. The standard InChI is InChI=1S/C15H15FN4S/c1-3-10-21-15-18-14(11(2)19-20-15)8-9-17-13-6-4-12(16)5-7-13/h3-9,17H,1,10H2,2H3. The Hall–Kier alpha value is -2.21. The van der Waals surface area contributed by atoms with Crippen molar-refractivity contribution in [2.24, 2.45) is 0 Å². The molecule has 1 N–H and O–H groups in total. The lowest BCUT2D eigenvalue weighted by Crippen LogP contribution is -1.99. The molecule has 0 saturated carbocycles. The Labute approximate surface area is 127 Å². The molecule has 2 rings (SSSR count). The third kappa shape index (κ3) is 4.68. The molecule has 4 nitrogen and oxygen atoms in total. The van der Waals surface area contributed by atoms with Gasteiger partial charge in [0.25, 0.3) is 0 Å². The van der Waals surface area contributed by atoms with Gasteiger partial charge in [0.2, 0.25) is 5.16 Å². The molecule has 108 valence electrons. The first-order valence-electron chi connectivity index (χ1n) is 6.32. The highest BCUT2D eigenvalue weighted by Crippen LogP contribution is 2.14. The Morgan fingerprint density at radius 1 is 1.29 bits per heavy atom. The molecule has 0 aliphatic carbocycles. The van der Waals surface area contributed by atoms with E-state index in [1.807, 2.05) is 13.0 Å². The van der Waals surface area contributed by atoms with Crippen molar-refractivity contribution in [3.8, 4) is 0 Å². The van der Waals surface area contributed by atoms with Crippen LogP contribution in [-0.4, -0.2) is 20.9 Å². The Morgan fingerprint density at radius 3 is 2.76 bits per heavy atom. The van der Waals surface area contributed by atoms with Crippen LogP contribution >= 0.6 is 11.8 Å². The third-order valence-electron chi connectivity index (χ3n) is 2.54. The lowest BCUT2D eigenvalue weighted by Gasteiger charge is -2.02. The van der Waals surface area contributed by atoms with Gasteiger partial charge in [-0.2, -0.15) is 5.10 Å². The molecule has 0 aliphatic heterocycles. The molecular formula is C15H15FN4S. The maximum atomic E-state index is 12.8. The number of nitrogens with zero attached hydrogens (tertiary/aromatic N) is 3. The van der Waals surface area contributed by atoms with Gasteiger partial charge in [-0.25, -0.2) is 9.37 Å². The summed E-state index contributed by atoms with van der Waals surface area (Å²) in [6.07, 6.45) is 5.34. The molecule has 21 heavy (non-hydrogen) atoms. The van der Waals surface area contributed by atoms with E-state index in [4.69, 9.17) is 0 Å². The summed E-state index contributed by atoms with van der Waals surface area (Å²) >= 11 is 1.48. The van der Waals surface area contributed by atoms with E-state index < -0.39 is 0 Å². The van der Waals surface area contributed by atoms with Crippen LogP contribution in [0.15, 0.2) is 48.3 Å². The lowest BCUT2D eigenvalue weighted by atomic mass is 10.3. The predicted molar refractivity (Wildman–Crippen MR) is 84.5 cm³/mol. The number of aromatic nitrogens is 3. The topological polar surface area (TPSA) is 50.7 Å². The monoisotopic (exact) mass is 302 g/mol.